The first-order valence-electron chi connectivity index (χ1n) is 8.11. The fourth-order valence-electron chi connectivity index (χ4n) is 2.39. The minimum atomic E-state index is -0.507. The van der Waals surface area contributed by atoms with Crippen molar-refractivity contribution in [3.05, 3.63) is 36.2 Å². The summed E-state index contributed by atoms with van der Waals surface area (Å²) in [7, 11) is 0. The average molecular weight is 331 g/mol. The maximum Gasteiger partial charge on any atom is 0.410 e. The Labute approximate surface area is 143 Å². The van der Waals surface area contributed by atoms with Gasteiger partial charge in [0.15, 0.2) is 0 Å². The van der Waals surface area contributed by atoms with Crippen molar-refractivity contribution in [2.75, 3.05) is 26.2 Å². The van der Waals surface area contributed by atoms with Gasteiger partial charge in [0, 0.05) is 38.1 Å². The van der Waals surface area contributed by atoms with E-state index in [0.717, 1.165) is 11.3 Å². The molecule has 1 aromatic rings. The van der Waals surface area contributed by atoms with Crippen molar-refractivity contribution in [1.82, 2.24) is 14.8 Å². The predicted molar refractivity (Wildman–Crippen MR) is 92.4 cm³/mol. The highest BCUT2D eigenvalue weighted by Gasteiger charge is 2.27. The molecule has 0 bridgehead atoms. The lowest BCUT2D eigenvalue weighted by molar-refractivity contribution is -0.132. The molecule has 0 aromatic carbocycles. The summed E-state index contributed by atoms with van der Waals surface area (Å²) in [5, 5.41) is 0. The van der Waals surface area contributed by atoms with Crippen molar-refractivity contribution in [2.45, 2.75) is 32.8 Å². The molecular weight excluding hydrogens is 306 g/mol. The summed E-state index contributed by atoms with van der Waals surface area (Å²) in [5.41, 5.74) is 1.16. The second-order valence-corrected chi connectivity index (χ2v) is 6.81. The molecule has 24 heavy (non-hydrogen) atoms. The molecule has 0 N–H and O–H groups in total. The van der Waals surface area contributed by atoms with Gasteiger partial charge < -0.3 is 14.5 Å². The number of hydrogen-bond donors (Lipinski definition) is 0. The number of carbonyl (C=O) groups is 2. The third-order valence-electron chi connectivity index (χ3n) is 3.70. The van der Waals surface area contributed by atoms with E-state index in [1.54, 1.807) is 22.1 Å². The van der Waals surface area contributed by atoms with Crippen LogP contribution in [0, 0.1) is 0 Å². The van der Waals surface area contributed by atoms with E-state index >= 15 is 0 Å². The maximum atomic E-state index is 12.4. The highest BCUT2D eigenvalue weighted by Crippen LogP contribution is 2.12. The van der Waals surface area contributed by atoms with E-state index in [1.807, 2.05) is 32.9 Å². The van der Waals surface area contributed by atoms with Crippen LogP contribution in [0.25, 0.3) is 6.08 Å². The molecule has 6 nitrogen and oxygen atoms in total. The zero-order valence-electron chi connectivity index (χ0n) is 14.6. The molecule has 1 aromatic heterocycles. The van der Waals surface area contributed by atoms with Crippen LogP contribution in [0.15, 0.2) is 24.9 Å². The lowest BCUT2D eigenvalue weighted by Crippen LogP contribution is -2.52. The van der Waals surface area contributed by atoms with Crippen LogP contribution >= 0.6 is 0 Å². The van der Waals surface area contributed by atoms with Gasteiger partial charge in [0.1, 0.15) is 5.60 Å². The number of aromatic nitrogens is 1. The number of nitrogens with zero attached hydrogens (tertiary/aromatic N) is 3. The first-order chi connectivity index (χ1) is 11.3. The van der Waals surface area contributed by atoms with Crippen LogP contribution in [0.1, 0.15) is 32.0 Å². The standard InChI is InChI=1S/C18H25N3O3/c1-5-14-6-7-15(19-13-14)12-16(22)20-8-10-21(11-9-20)17(23)24-18(2,3)4/h5-7,13H,1,8-12H2,2-4H3. The fourth-order valence-corrected chi connectivity index (χ4v) is 2.39. The van der Waals surface area contributed by atoms with Gasteiger partial charge in [-0.2, -0.15) is 0 Å². The summed E-state index contributed by atoms with van der Waals surface area (Å²) in [5.74, 6) is 0.0256. The Kier molecular flexibility index (Phi) is 5.59. The van der Waals surface area contributed by atoms with E-state index in [2.05, 4.69) is 11.6 Å². The van der Waals surface area contributed by atoms with Crippen LogP contribution in [0.4, 0.5) is 4.79 Å². The first-order valence-corrected chi connectivity index (χ1v) is 8.11. The molecule has 1 aliphatic heterocycles. The van der Waals surface area contributed by atoms with Gasteiger partial charge in [-0.3, -0.25) is 9.78 Å². The molecule has 0 radical (unpaired) electrons. The van der Waals surface area contributed by atoms with E-state index < -0.39 is 5.60 Å². The number of amides is 2. The molecule has 6 heteroatoms. The van der Waals surface area contributed by atoms with Crippen LogP contribution in [0.5, 0.6) is 0 Å². The summed E-state index contributed by atoms with van der Waals surface area (Å²) in [4.78, 5) is 32.1. The van der Waals surface area contributed by atoms with Gasteiger partial charge in [0.2, 0.25) is 5.91 Å². The monoisotopic (exact) mass is 331 g/mol. The second-order valence-electron chi connectivity index (χ2n) is 6.81. The van der Waals surface area contributed by atoms with E-state index in [1.165, 1.54) is 0 Å². The van der Waals surface area contributed by atoms with Gasteiger partial charge >= 0.3 is 6.09 Å². The third kappa shape index (κ3) is 5.08. The largest absolute Gasteiger partial charge is 0.444 e. The van der Waals surface area contributed by atoms with Crippen molar-refractivity contribution < 1.29 is 14.3 Å². The van der Waals surface area contributed by atoms with Crippen molar-refractivity contribution >= 4 is 18.1 Å². The van der Waals surface area contributed by atoms with E-state index in [-0.39, 0.29) is 18.4 Å². The smallest absolute Gasteiger partial charge is 0.410 e. The van der Waals surface area contributed by atoms with Crippen LogP contribution in [0.2, 0.25) is 0 Å². The number of hydrogen-bond acceptors (Lipinski definition) is 4. The molecule has 0 atom stereocenters. The quantitative estimate of drug-likeness (QED) is 0.853. The van der Waals surface area contributed by atoms with Gasteiger partial charge in [0.05, 0.1) is 6.42 Å². The van der Waals surface area contributed by atoms with Gasteiger partial charge in [-0.25, -0.2) is 4.79 Å². The molecule has 0 unspecified atom stereocenters. The zero-order chi connectivity index (χ0) is 17.7. The Bertz CT molecular complexity index is 597. The Balaban J connectivity index is 1.83. The van der Waals surface area contributed by atoms with Gasteiger partial charge in [0.25, 0.3) is 0 Å². The number of carbonyl (C=O) groups excluding carboxylic acids is 2. The predicted octanol–water partition coefficient (Wildman–Crippen LogP) is 2.35. The van der Waals surface area contributed by atoms with Crippen LogP contribution in [0.3, 0.4) is 0 Å². The Morgan fingerprint density at radius 2 is 1.83 bits per heavy atom. The van der Waals surface area contributed by atoms with E-state index in [4.69, 9.17) is 4.74 Å². The molecular formula is C18H25N3O3. The number of rotatable bonds is 3. The number of piperazine rings is 1. The summed E-state index contributed by atoms with van der Waals surface area (Å²) < 4.78 is 5.36. The van der Waals surface area contributed by atoms with Crippen LogP contribution < -0.4 is 0 Å². The van der Waals surface area contributed by atoms with E-state index in [0.29, 0.717) is 26.2 Å². The normalized spacial score (nSPS) is 15.1. The van der Waals surface area contributed by atoms with Crippen molar-refractivity contribution in [3.63, 3.8) is 0 Å². The van der Waals surface area contributed by atoms with Crippen molar-refractivity contribution in [2.24, 2.45) is 0 Å². The zero-order valence-corrected chi connectivity index (χ0v) is 14.6. The molecule has 1 saturated heterocycles. The maximum absolute atomic E-state index is 12.4. The van der Waals surface area contributed by atoms with Crippen LogP contribution in [-0.2, 0) is 16.0 Å². The minimum Gasteiger partial charge on any atom is -0.444 e. The molecule has 130 valence electrons. The van der Waals surface area contributed by atoms with Crippen molar-refractivity contribution in [1.29, 1.82) is 0 Å². The Morgan fingerprint density at radius 1 is 1.21 bits per heavy atom. The van der Waals surface area contributed by atoms with Crippen LogP contribution in [-0.4, -0.2) is 58.6 Å². The summed E-state index contributed by atoms with van der Waals surface area (Å²) in [6, 6.07) is 3.73. The topological polar surface area (TPSA) is 62.7 Å². The molecule has 2 amide bonds. The first kappa shape index (κ1) is 18.0. The summed E-state index contributed by atoms with van der Waals surface area (Å²) >= 11 is 0. The SMILES string of the molecule is C=Cc1ccc(CC(=O)N2CCN(C(=O)OC(C)(C)C)CC2)nc1. The third-order valence-corrected chi connectivity index (χ3v) is 3.70. The van der Waals surface area contributed by atoms with Gasteiger partial charge in [-0.05, 0) is 32.4 Å². The fraction of sp³-hybridized carbons (Fsp3) is 0.500. The molecule has 1 fully saturated rings. The van der Waals surface area contributed by atoms with Gasteiger partial charge in [-0.1, -0.05) is 18.7 Å². The highest BCUT2D eigenvalue weighted by molar-refractivity contribution is 5.79. The molecule has 0 spiro atoms. The molecule has 2 rings (SSSR count). The van der Waals surface area contributed by atoms with E-state index in [9.17, 15) is 9.59 Å². The minimum absolute atomic E-state index is 0.0256. The Morgan fingerprint density at radius 3 is 2.33 bits per heavy atom. The van der Waals surface area contributed by atoms with Gasteiger partial charge in [-0.15, -0.1) is 0 Å². The molecule has 1 aliphatic rings. The molecule has 0 aliphatic carbocycles. The molecule has 0 saturated carbocycles. The lowest BCUT2D eigenvalue weighted by atomic mass is 10.2. The Hall–Kier alpha value is -2.37. The second kappa shape index (κ2) is 7.47. The number of pyridine rings is 1. The molecule has 2 heterocycles. The average Bonchev–Trinajstić information content (AvgIpc) is 2.54. The highest BCUT2D eigenvalue weighted by atomic mass is 16.6. The summed E-state index contributed by atoms with van der Waals surface area (Å²) in [6.45, 7) is 11.2. The van der Waals surface area contributed by atoms with Crippen molar-refractivity contribution in [3.8, 4) is 0 Å². The lowest BCUT2D eigenvalue weighted by Gasteiger charge is -2.35. The summed E-state index contributed by atoms with van der Waals surface area (Å²) in [6.07, 6.45) is 3.37. The number of ether oxygens (including phenoxy) is 1.